The van der Waals surface area contributed by atoms with Crippen LogP contribution in [0, 0.1) is 11.3 Å². The molecule has 5 nitrogen and oxygen atoms in total. The van der Waals surface area contributed by atoms with Crippen LogP contribution < -0.4 is 10.6 Å². The van der Waals surface area contributed by atoms with Gasteiger partial charge in [0.25, 0.3) is 0 Å². The molecule has 6 heteroatoms. The van der Waals surface area contributed by atoms with E-state index >= 15 is 0 Å². The first-order chi connectivity index (χ1) is 11.2. The highest BCUT2D eigenvalue weighted by Crippen LogP contribution is 2.21. The second kappa shape index (κ2) is 6.77. The monoisotopic (exact) mass is 321 g/mol. The molecule has 0 saturated carbocycles. The minimum Gasteiger partial charge on any atom is -0.340 e. The Kier molecular flexibility index (Phi) is 4.37. The summed E-state index contributed by atoms with van der Waals surface area (Å²) in [5, 5.41) is 15.9. The molecule has 0 radical (unpaired) electrons. The molecular formula is C17H12ClN5. The molecule has 0 spiro atoms. The van der Waals surface area contributed by atoms with Crippen LogP contribution >= 0.6 is 11.6 Å². The maximum Gasteiger partial charge on any atom is 0.135 e. The molecule has 23 heavy (non-hydrogen) atoms. The van der Waals surface area contributed by atoms with Crippen LogP contribution in [-0.2, 0) is 0 Å². The zero-order valence-electron chi connectivity index (χ0n) is 12.0. The van der Waals surface area contributed by atoms with E-state index in [1.807, 2.05) is 24.3 Å². The fourth-order valence-electron chi connectivity index (χ4n) is 1.99. The number of nitrogens with one attached hydrogen (secondary N) is 2. The van der Waals surface area contributed by atoms with Gasteiger partial charge in [-0.15, -0.1) is 0 Å². The van der Waals surface area contributed by atoms with E-state index in [0.717, 1.165) is 11.4 Å². The minimum atomic E-state index is 0.587. The third-order valence-electron chi connectivity index (χ3n) is 3.05. The molecule has 112 valence electrons. The van der Waals surface area contributed by atoms with E-state index in [1.54, 1.807) is 30.3 Å². The smallest absolute Gasteiger partial charge is 0.135 e. The SMILES string of the molecule is N#Cc1cccc(Nc2cc(Nc3ccc(Cl)cc3)ncn2)c1. The molecule has 2 aromatic carbocycles. The fourth-order valence-corrected chi connectivity index (χ4v) is 2.12. The molecule has 2 N–H and O–H groups in total. The van der Waals surface area contributed by atoms with E-state index in [1.165, 1.54) is 6.33 Å². The Bertz CT molecular complexity index is 855. The Morgan fingerprint density at radius 2 is 1.57 bits per heavy atom. The number of aromatic nitrogens is 2. The lowest BCUT2D eigenvalue weighted by molar-refractivity contribution is 1.17. The molecule has 0 amide bonds. The largest absolute Gasteiger partial charge is 0.340 e. The summed E-state index contributed by atoms with van der Waals surface area (Å²) < 4.78 is 0. The van der Waals surface area contributed by atoms with Gasteiger partial charge in [-0.2, -0.15) is 5.26 Å². The predicted molar refractivity (Wildman–Crippen MR) is 91.2 cm³/mol. The summed E-state index contributed by atoms with van der Waals surface area (Å²) in [6.07, 6.45) is 1.47. The average molecular weight is 322 g/mol. The van der Waals surface area contributed by atoms with Gasteiger partial charge in [0.15, 0.2) is 0 Å². The van der Waals surface area contributed by atoms with Crippen LogP contribution in [0.15, 0.2) is 60.9 Å². The number of rotatable bonds is 4. The van der Waals surface area contributed by atoms with Gasteiger partial charge in [-0.05, 0) is 42.5 Å². The highest BCUT2D eigenvalue weighted by atomic mass is 35.5. The number of hydrogen-bond donors (Lipinski definition) is 2. The van der Waals surface area contributed by atoms with E-state index in [0.29, 0.717) is 22.2 Å². The van der Waals surface area contributed by atoms with Crippen LogP contribution in [-0.4, -0.2) is 9.97 Å². The van der Waals surface area contributed by atoms with Gasteiger partial charge in [0.1, 0.15) is 18.0 Å². The standard InChI is InChI=1S/C17H12ClN5/c18-13-4-6-14(7-5-13)22-16-9-17(21-11-20-16)23-15-3-1-2-12(8-15)10-19/h1-9,11H,(H2,20,21,22,23). The van der Waals surface area contributed by atoms with Crippen LogP contribution in [0.2, 0.25) is 5.02 Å². The van der Waals surface area contributed by atoms with Crippen LogP contribution in [0.1, 0.15) is 5.56 Å². The molecular weight excluding hydrogens is 310 g/mol. The molecule has 0 aliphatic rings. The lowest BCUT2D eigenvalue weighted by Gasteiger charge is -2.09. The molecule has 1 aromatic heterocycles. The molecule has 0 fully saturated rings. The Labute approximate surface area is 138 Å². The fraction of sp³-hybridized carbons (Fsp3) is 0. The van der Waals surface area contributed by atoms with Crippen molar-refractivity contribution < 1.29 is 0 Å². The minimum absolute atomic E-state index is 0.587. The van der Waals surface area contributed by atoms with Gasteiger partial charge in [-0.3, -0.25) is 0 Å². The normalized spacial score (nSPS) is 9.91. The lowest BCUT2D eigenvalue weighted by Crippen LogP contribution is -1.98. The Balaban J connectivity index is 1.77. The Morgan fingerprint density at radius 1 is 0.870 bits per heavy atom. The third-order valence-corrected chi connectivity index (χ3v) is 3.30. The van der Waals surface area contributed by atoms with Crippen LogP contribution in [0.3, 0.4) is 0 Å². The van der Waals surface area contributed by atoms with Crippen molar-refractivity contribution in [2.24, 2.45) is 0 Å². The number of halogens is 1. The zero-order chi connectivity index (χ0) is 16.1. The van der Waals surface area contributed by atoms with Crippen molar-refractivity contribution in [3.8, 4) is 6.07 Å². The second-order valence-corrected chi connectivity index (χ2v) is 5.17. The van der Waals surface area contributed by atoms with Gasteiger partial charge in [0.2, 0.25) is 0 Å². The molecule has 0 saturated heterocycles. The summed E-state index contributed by atoms with van der Waals surface area (Å²) in [4.78, 5) is 8.36. The molecule has 3 rings (SSSR count). The van der Waals surface area contributed by atoms with Gasteiger partial charge in [0, 0.05) is 22.5 Å². The van der Waals surface area contributed by atoms with Gasteiger partial charge >= 0.3 is 0 Å². The van der Waals surface area contributed by atoms with E-state index < -0.39 is 0 Å². The van der Waals surface area contributed by atoms with Crippen molar-refractivity contribution in [3.05, 3.63) is 71.5 Å². The Morgan fingerprint density at radius 3 is 2.26 bits per heavy atom. The van der Waals surface area contributed by atoms with Crippen molar-refractivity contribution in [1.29, 1.82) is 5.26 Å². The third kappa shape index (κ3) is 3.96. The first-order valence-corrected chi connectivity index (χ1v) is 7.22. The average Bonchev–Trinajstić information content (AvgIpc) is 2.57. The predicted octanol–water partition coefficient (Wildman–Crippen LogP) is 4.49. The summed E-state index contributed by atoms with van der Waals surface area (Å²) >= 11 is 5.87. The van der Waals surface area contributed by atoms with Crippen LogP contribution in [0.25, 0.3) is 0 Å². The quantitative estimate of drug-likeness (QED) is 0.740. The molecule has 1 heterocycles. The van der Waals surface area contributed by atoms with Gasteiger partial charge in [-0.25, -0.2) is 9.97 Å². The van der Waals surface area contributed by atoms with Crippen LogP contribution in [0.4, 0.5) is 23.0 Å². The summed E-state index contributed by atoms with van der Waals surface area (Å²) in [6, 6.07) is 18.4. The van der Waals surface area contributed by atoms with Crippen molar-refractivity contribution in [2.45, 2.75) is 0 Å². The van der Waals surface area contributed by atoms with Crippen LogP contribution in [0.5, 0.6) is 0 Å². The highest BCUT2D eigenvalue weighted by Gasteiger charge is 2.01. The molecule has 0 atom stereocenters. The van der Waals surface area contributed by atoms with Gasteiger partial charge < -0.3 is 10.6 Å². The molecule has 3 aromatic rings. The second-order valence-electron chi connectivity index (χ2n) is 4.74. The number of benzene rings is 2. The molecule has 0 bridgehead atoms. The van der Waals surface area contributed by atoms with E-state index in [2.05, 4.69) is 26.7 Å². The first kappa shape index (κ1) is 14.8. The summed E-state index contributed by atoms with van der Waals surface area (Å²) in [5.41, 5.74) is 2.26. The molecule has 0 aliphatic carbocycles. The van der Waals surface area contributed by atoms with E-state index in [9.17, 15) is 0 Å². The number of nitrogens with zero attached hydrogens (tertiary/aromatic N) is 3. The number of nitriles is 1. The van der Waals surface area contributed by atoms with Crippen molar-refractivity contribution in [1.82, 2.24) is 9.97 Å². The lowest BCUT2D eigenvalue weighted by atomic mass is 10.2. The maximum absolute atomic E-state index is 8.93. The zero-order valence-corrected chi connectivity index (χ0v) is 12.7. The maximum atomic E-state index is 8.93. The van der Waals surface area contributed by atoms with E-state index in [4.69, 9.17) is 16.9 Å². The van der Waals surface area contributed by atoms with Crippen molar-refractivity contribution in [3.63, 3.8) is 0 Å². The number of hydrogen-bond acceptors (Lipinski definition) is 5. The first-order valence-electron chi connectivity index (χ1n) is 6.85. The van der Waals surface area contributed by atoms with Crippen molar-refractivity contribution in [2.75, 3.05) is 10.6 Å². The molecule has 0 unspecified atom stereocenters. The summed E-state index contributed by atoms with van der Waals surface area (Å²) in [7, 11) is 0. The molecule has 0 aliphatic heterocycles. The number of anilines is 4. The highest BCUT2D eigenvalue weighted by molar-refractivity contribution is 6.30. The van der Waals surface area contributed by atoms with Gasteiger partial charge in [-0.1, -0.05) is 17.7 Å². The topological polar surface area (TPSA) is 73.6 Å². The van der Waals surface area contributed by atoms with Gasteiger partial charge in [0.05, 0.1) is 11.6 Å². The summed E-state index contributed by atoms with van der Waals surface area (Å²) in [5.74, 6) is 1.29. The van der Waals surface area contributed by atoms with E-state index in [-0.39, 0.29) is 0 Å². The Hall–Kier alpha value is -3.10. The summed E-state index contributed by atoms with van der Waals surface area (Å²) in [6.45, 7) is 0. The van der Waals surface area contributed by atoms with Crippen molar-refractivity contribution >= 4 is 34.6 Å².